The molecule has 1 aromatic carbocycles. The SMILES string of the molecule is Brc1c(CSc2nc3ccccc3[nH]2)nc2ccccn12. The van der Waals surface area contributed by atoms with Crippen LogP contribution in [-0.4, -0.2) is 19.4 Å². The Kier molecular flexibility index (Phi) is 3.20. The van der Waals surface area contributed by atoms with Gasteiger partial charge in [0.25, 0.3) is 0 Å². The minimum Gasteiger partial charge on any atom is -0.333 e. The number of hydrogen-bond donors (Lipinski definition) is 1. The van der Waals surface area contributed by atoms with Gasteiger partial charge in [-0.2, -0.15) is 0 Å². The third-order valence-corrected chi connectivity index (χ3v) is 4.98. The van der Waals surface area contributed by atoms with Gasteiger partial charge in [0.2, 0.25) is 0 Å². The van der Waals surface area contributed by atoms with Crippen molar-refractivity contribution in [3.63, 3.8) is 0 Å². The summed E-state index contributed by atoms with van der Waals surface area (Å²) < 4.78 is 3.04. The highest BCUT2D eigenvalue weighted by atomic mass is 79.9. The molecule has 0 unspecified atom stereocenters. The first-order valence-electron chi connectivity index (χ1n) is 6.50. The second-order valence-corrected chi connectivity index (χ2v) is 6.34. The van der Waals surface area contributed by atoms with Gasteiger partial charge in [0, 0.05) is 11.9 Å². The molecule has 0 aliphatic carbocycles. The number of thioether (sulfide) groups is 1. The molecule has 3 heterocycles. The topological polar surface area (TPSA) is 46.0 Å². The van der Waals surface area contributed by atoms with E-state index in [0.29, 0.717) is 0 Å². The molecular weight excluding hydrogens is 348 g/mol. The fraction of sp³-hybridized carbons (Fsp3) is 0.0667. The molecule has 0 saturated carbocycles. The first-order valence-corrected chi connectivity index (χ1v) is 8.28. The molecular formula is C15H11BrN4S. The van der Waals surface area contributed by atoms with E-state index in [1.54, 1.807) is 11.8 Å². The molecule has 0 saturated heterocycles. The fourth-order valence-electron chi connectivity index (χ4n) is 2.24. The summed E-state index contributed by atoms with van der Waals surface area (Å²) in [5.74, 6) is 0.766. The van der Waals surface area contributed by atoms with Gasteiger partial charge in [-0.25, -0.2) is 9.97 Å². The van der Waals surface area contributed by atoms with Crippen molar-refractivity contribution in [2.24, 2.45) is 0 Å². The summed E-state index contributed by atoms with van der Waals surface area (Å²) in [6.07, 6.45) is 2.00. The van der Waals surface area contributed by atoms with E-state index in [9.17, 15) is 0 Å². The van der Waals surface area contributed by atoms with Crippen molar-refractivity contribution < 1.29 is 0 Å². The highest BCUT2D eigenvalue weighted by Crippen LogP contribution is 2.27. The molecule has 4 aromatic rings. The summed E-state index contributed by atoms with van der Waals surface area (Å²) in [4.78, 5) is 12.5. The molecule has 4 nitrogen and oxygen atoms in total. The highest BCUT2D eigenvalue weighted by molar-refractivity contribution is 9.10. The molecule has 0 aliphatic rings. The van der Waals surface area contributed by atoms with Gasteiger partial charge in [0.15, 0.2) is 5.16 Å². The minimum absolute atomic E-state index is 0.766. The van der Waals surface area contributed by atoms with E-state index in [1.165, 1.54) is 0 Å². The number of H-pyrrole nitrogens is 1. The Morgan fingerprint density at radius 1 is 1.10 bits per heavy atom. The van der Waals surface area contributed by atoms with Crippen LogP contribution >= 0.6 is 27.7 Å². The lowest BCUT2D eigenvalue weighted by atomic mass is 10.3. The molecule has 0 aliphatic heterocycles. The van der Waals surface area contributed by atoms with Crippen molar-refractivity contribution in [3.8, 4) is 0 Å². The zero-order chi connectivity index (χ0) is 14.2. The van der Waals surface area contributed by atoms with Gasteiger partial charge in [-0.3, -0.25) is 4.40 Å². The molecule has 1 N–H and O–H groups in total. The molecule has 21 heavy (non-hydrogen) atoms. The van der Waals surface area contributed by atoms with E-state index >= 15 is 0 Å². The lowest BCUT2D eigenvalue weighted by molar-refractivity contribution is 1.07. The zero-order valence-corrected chi connectivity index (χ0v) is 13.4. The van der Waals surface area contributed by atoms with Gasteiger partial charge in [0.1, 0.15) is 10.3 Å². The van der Waals surface area contributed by atoms with Crippen LogP contribution in [0.25, 0.3) is 16.7 Å². The van der Waals surface area contributed by atoms with Crippen LogP contribution in [0.4, 0.5) is 0 Å². The maximum Gasteiger partial charge on any atom is 0.166 e. The first-order chi connectivity index (χ1) is 10.3. The summed E-state index contributed by atoms with van der Waals surface area (Å²) in [7, 11) is 0. The second kappa shape index (κ2) is 5.20. The van der Waals surface area contributed by atoms with Gasteiger partial charge >= 0.3 is 0 Å². The number of para-hydroxylation sites is 2. The van der Waals surface area contributed by atoms with Gasteiger partial charge in [0.05, 0.1) is 16.7 Å². The molecule has 0 fully saturated rings. The van der Waals surface area contributed by atoms with E-state index in [4.69, 9.17) is 0 Å². The van der Waals surface area contributed by atoms with Crippen LogP contribution in [0.5, 0.6) is 0 Å². The minimum atomic E-state index is 0.766. The van der Waals surface area contributed by atoms with Gasteiger partial charge in [-0.1, -0.05) is 30.0 Å². The van der Waals surface area contributed by atoms with Crippen molar-refractivity contribution in [2.45, 2.75) is 10.9 Å². The van der Waals surface area contributed by atoms with E-state index in [1.807, 2.05) is 53.1 Å². The van der Waals surface area contributed by atoms with Gasteiger partial charge < -0.3 is 4.98 Å². The third-order valence-electron chi connectivity index (χ3n) is 3.25. The number of nitrogens with one attached hydrogen (secondary N) is 1. The first kappa shape index (κ1) is 12.9. The number of rotatable bonds is 3. The summed E-state index contributed by atoms with van der Waals surface area (Å²) in [6, 6.07) is 14.0. The summed E-state index contributed by atoms with van der Waals surface area (Å²) in [5.41, 5.74) is 4.03. The quantitative estimate of drug-likeness (QED) is 0.556. The maximum absolute atomic E-state index is 4.63. The lowest BCUT2D eigenvalue weighted by Gasteiger charge is -1.96. The van der Waals surface area contributed by atoms with Crippen LogP contribution in [-0.2, 0) is 5.75 Å². The predicted molar refractivity (Wildman–Crippen MR) is 88.5 cm³/mol. The van der Waals surface area contributed by atoms with Crippen molar-refractivity contribution in [3.05, 3.63) is 59.0 Å². The van der Waals surface area contributed by atoms with E-state index in [0.717, 1.165) is 37.9 Å². The Balaban J connectivity index is 1.61. The number of nitrogens with zero attached hydrogens (tertiary/aromatic N) is 3. The number of aromatic nitrogens is 4. The molecule has 0 spiro atoms. The molecule has 0 bridgehead atoms. The van der Waals surface area contributed by atoms with Gasteiger partial charge in [-0.15, -0.1) is 0 Å². The van der Waals surface area contributed by atoms with Crippen LogP contribution in [0.3, 0.4) is 0 Å². The van der Waals surface area contributed by atoms with Crippen molar-refractivity contribution >= 4 is 44.4 Å². The van der Waals surface area contributed by atoms with Crippen molar-refractivity contribution in [1.29, 1.82) is 0 Å². The molecule has 0 amide bonds. The normalized spacial score (nSPS) is 11.5. The Labute approximate surface area is 133 Å². The largest absolute Gasteiger partial charge is 0.333 e. The standard InChI is InChI=1S/C15H11BrN4S/c16-14-12(17-13-7-3-4-8-20(13)14)9-21-15-18-10-5-1-2-6-11(10)19-15/h1-8H,9H2,(H,18,19). The summed E-state index contributed by atoms with van der Waals surface area (Å²) in [5, 5.41) is 0.917. The van der Waals surface area contributed by atoms with E-state index < -0.39 is 0 Å². The Morgan fingerprint density at radius 2 is 1.95 bits per heavy atom. The smallest absolute Gasteiger partial charge is 0.166 e. The van der Waals surface area contributed by atoms with Crippen LogP contribution in [0.2, 0.25) is 0 Å². The molecule has 3 aromatic heterocycles. The Bertz CT molecular complexity index is 895. The third kappa shape index (κ3) is 2.34. The number of benzene rings is 1. The van der Waals surface area contributed by atoms with E-state index in [-0.39, 0.29) is 0 Å². The van der Waals surface area contributed by atoms with Crippen molar-refractivity contribution in [2.75, 3.05) is 0 Å². The lowest BCUT2D eigenvalue weighted by Crippen LogP contribution is -1.84. The van der Waals surface area contributed by atoms with Crippen molar-refractivity contribution in [1.82, 2.24) is 19.4 Å². The van der Waals surface area contributed by atoms with Crippen LogP contribution in [0.1, 0.15) is 5.69 Å². The van der Waals surface area contributed by atoms with Gasteiger partial charge in [-0.05, 0) is 40.2 Å². The molecule has 4 rings (SSSR count). The Morgan fingerprint density at radius 3 is 2.81 bits per heavy atom. The number of hydrogen-bond acceptors (Lipinski definition) is 3. The number of pyridine rings is 1. The Hall–Kier alpha value is -1.79. The average molecular weight is 359 g/mol. The van der Waals surface area contributed by atoms with Crippen LogP contribution < -0.4 is 0 Å². The maximum atomic E-state index is 4.63. The predicted octanol–water partition coefficient (Wildman–Crippen LogP) is 4.27. The van der Waals surface area contributed by atoms with Crippen LogP contribution in [0.15, 0.2) is 58.4 Å². The molecule has 0 atom stereocenters. The number of fused-ring (bicyclic) bond motifs is 2. The molecule has 104 valence electrons. The average Bonchev–Trinajstić information content (AvgIpc) is 3.07. The zero-order valence-electron chi connectivity index (χ0n) is 11.0. The number of imidazole rings is 2. The highest BCUT2D eigenvalue weighted by Gasteiger charge is 2.11. The van der Waals surface area contributed by atoms with E-state index in [2.05, 4.69) is 30.9 Å². The fourth-order valence-corrected chi connectivity index (χ4v) is 3.77. The van der Waals surface area contributed by atoms with Crippen LogP contribution in [0, 0.1) is 0 Å². The number of halogens is 1. The summed E-state index contributed by atoms with van der Waals surface area (Å²) >= 11 is 5.27. The molecule has 6 heteroatoms. The number of aromatic amines is 1. The monoisotopic (exact) mass is 358 g/mol. The molecule has 0 radical (unpaired) electrons. The summed E-state index contributed by atoms with van der Waals surface area (Å²) in [6.45, 7) is 0. The second-order valence-electron chi connectivity index (χ2n) is 4.63.